The monoisotopic (exact) mass is 223 g/mol. The average Bonchev–Trinajstić information content (AvgIpc) is 2.26. The van der Waals surface area contributed by atoms with Gasteiger partial charge in [-0.2, -0.15) is 5.26 Å². The zero-order valence-corrected chi connectivity index (χ0v) is 10.7. The number of hydrogen-bond donors (Lipinski definition) is 0. The summed E-state index contributed by atoms with van der Waals surface area (Å²) in [5.74, 6) is -0.415. The third-order valence-corrected chi connectivity index (χ3v) is 2.62. The molecule has 1 atom stereocenters. The van der Waals surface area contributed by atoms with Crippen LogP contribution in [0.2, 0.25) is 0 Å². The van der Waals surface area contributed by atoms with Gasteiger partial charge >= 0.3 is 5.97 Å². The van der Waals surface area contributed by atoms with Crippen LogP contribution in [0.15, 0.2) is 11.6 Å². The first kappa shape index (κ1) is 14.7. The Morgan fingerprint density at radius 2 is 2.06 bits per heavy atom. The van der Waals surface area contributed by atoms with Gasteiger partial charge in [0.15, 0.2) is 5.41 Å². The first-order valence-electron chi connectivity index (χ1n) is 5.84. The molecular weight excluding hydrogens is 202 g/mol. The summed E-state index contributed by atoms with van der Waals surface area (Å²) < 4.78 is 5.02. The van der Waals surface area contributed by atoms with E-state index >= 15 is 0 Å². The predicted octanol–water partition coefficient (Wildman–Crippen LogP) is 3.22. The first-order chi connectivity index (χ1) is 7.58. The fraction of sp³-hybridized carbons (Fsp3) is 0.692. The third-order valence-electron chi connectivity index (χ3n) is 2.62. The van der Waals surface area contributed by atoms with Crippen molar-refractivity contribution in [2.45, 2.75) is 47.0 Å². The van der Waals surface area contributed by atoms with Gasteiger partial charge in [0.25, 0.3) is 0 Å². The fourth-order valence-corrected chi connectivity index (χ4v) is 1.76. The molecule has 3 heteroatoms. The van der Waals surface area contributed by atoms with E-state index in [2.05, 4.69) is 6.07 Å². The second-order valence-corrected chi connectivity index (χ2v) is 3.78. The number of carbonyl (C=O) groups is 1. The number of ether oxygens (including phenoxy) is 1. The molecule has 0 radical (unpaired) electrons. The van der Waals surface area contributed by atoms with Gasteiger partial charge in [-0.05, 0) is 32.3 Å². The topological polar surface area (TPSA) is 50.1 Å². The van der Waals surface area contributed by atoms with Crippen LogP contribution < -0.4 is 0 Å². The van der Waals surface area contributed by atoms with Crippen molar-refractivity contribution >= 4 is 5.97 Å². The van der Waals surface area contributed by atoms with Crippen LogP contribution in [0.3, 0.4) is 0 Å². The Bertz CT molecular complexity index is 302. The summed E-state index contributed by atoms with van der Waals surface area (Å²) >= 11 is 0. The lowest BCUT2D eigenvalue weighted by atomic mass is 9.78. The molecule has 0 rings (SSSR count). The average molecular weight is 223 g/mol. The summed E-state index contributed by atoms with van der Waals surface area (Å²) in [6, 6.07) is 2.14. The van der Waals surface area contributed by atoms with E-state index in [-0.39, 0.29) is 0 Å². The summed E-state index contributed by atoms with van der Waals surface area (Å²) in [6.45, 7) is 7.85. The number of allylic oxidation sites excluding steroid dienone is 1. The van der Waals surface area contributed by atoms with Crippen molar-refractivity contribution in [1.82, 2.24) is 0 Å². The largest absolute Gasteiger partial charge is 0.465 e. The Morgan fingerprint density at radius 3 is 2.44 bits per heavy atom. The molecule has 0 N–H and O–H groups in total. The highest BCUT2D eigenvalue weighted by molar-refractivity contribution is 5.83. The molecule has 16 heavy (non-hydrogen) atoms. The van der Waals surface area contributed by atoms with E-state index in [1.165, 1.54) is 0 Å². The summed E-state index contributed by atoms with van der Waals surface area (Å²) in [6.07, 6.45) is 4.04. The van der Waals surface area contributed by atoms with E-state index in [0.29, 0.717) is 13.0 Å². The molecule has 0 aromatic rings. The van der Waals surface area contributed by atoms with Gasteiger partial charge in [-0.25, -0.2) is 4.79 Å². The number of nitriles is 1. The molecule has 0 saturated heterocycles. The van der Waals surface area contributed by atoms with Crippen LogP contribution in [0.25, 0.3) is 0 Å². The normalized spacial score (nSPS) is 15.1. The Labute approximate surface area is 98.1 Å². The third kappa shape index (κ3) is 3.10. The van der Waals surface area contributed by atoms with E-state index in [1.54, 1.807) is 6.92 Å². The van der Waals surface area contributed by atoms with Crippen LogP contribution in [-0.2, 0) is 9.53 Å². The number of rotatable bonds is 6. The number of hydrogen-bond acceptors (Lipinski definition) is 3. The maximum Gasteiger partial charge on any atom is 0.330 e. The van der Waals surface area contributed by atoms with E-state index in [1.807, 2.05) is 26.8 Å². The molecule has 0 aliphatic carbocycles. The molecule has 0 unspecified atom stereocenters. The minimum atomic E-state index is -1.08. The molecule has 0 aromatic heterocycles. The molecule has 3 nitrogen and oxygen atoms in total. The molecule has 0 aromatic carbocycles. The Morgan fingerprint density at radius 1 is 1.44 bits per heavy atom. The lowest BCUT2D eigenvalue weighted by Crippen LogP contribution is -2.33. The molecule has 0 aliphatic rings. The molecule has 0 heterocycles. The highest BCUT2D eigenvalue weighted by Gasteiger charge is 2.41. The number of nitrogens with zero attached hydrogens (tertiary/aromatic N) is 1. The van der Waals surface area contributed by atoms with Crippen LogP contribution in [-0.4, -0.2) is 12.6 Å². The summed E-state index contributed by atoms with van der Waals surface area (Å²) in [5, 5.41) is 9.31. The van der Waals surface area contributed by atoms with Crippen molar-refractivity contribution in [2.75, 3.05) is 6.61 Å². The maximum atomic E-state index is 11.9. The van der Waals surface area contributed by atoms with E-state index in [9.17, 15) is 10.1 Å². The second kappa shape index (κ2) is 7.05. The summed E-state index contributed by atoms with van der Waals surface area (Å²) in [4.78, 5) is 11.9. The van der Waals surface area contributed by atoms with E-state index in [4.69, 9.17) is 4.74 Å². The first-order valence-corrected chi connectivity index (χ1v) is 5.84. The minimum Gasteiger partial charge on any atom is -0.465 e. The van der Waals surface area contributed by atoms with Gasteiger partial charge in [0.2, 0.25) is 0 Å². The van der Waals surface area contributed by atoms with Gasteiger partial charge in [0, 0.05) is 0 Å². The molecule has 0 aliphatic heterocycles. The lowest BCUT2D eigenvalue weighted by Gasteiger charge is -2.24. The van der Waals surface area contributed by atoms with Crippen LogP contribution in [0.4, 0.5) is 0 Å². The van der Waals surface area contributed by atoms with Crippen molar-refractivity contribution in [3.05, 3.63) is 11.6 Å². The van der Waals surface area contributed by atoms with Crippen molar-refractivity contribution in [2.24, 2.45) is 5.41 Å². The Balaban J connectivity index is 5.24. The molecule has 0 fully saturated rings. The molecule has 0 spiro atoms. The second-order valence-electron chi connectivity index (χ2n) is 3.78. The van der Waals surface area contributed by atoms with Gasteiger partial charge in [-0.15, -0.1) is 0 Å². The zero-order valence-electron chi connectivity index (χ0n) is 10.7. The standard InChI is InChI=1S/C13H21NO2/c1-5-8-11(4)13(10-14,9-6-2)12(15)16-7-3/h8H,5-7,9H2,1-4H3/b11-8-/t13-/m1/s1. The minimum absolute atomic E-state index is 0.311. The van der Waals surface area contributed by atoms with Crippen LogP contribution in [0, 0.1) is 16.7 Å². The Hall–Kier alpha value is -1.30. The molecule has 0 saturated carbocycles. The van der Waals surface area contributed by atoms with E-state index < -0.39 is 11.4 Å². The van der Waals surface area contributed by atoms with Crippen molar-refractivity contribution in [3.8, 4) is 6.07 Å². The quantitative estimate of drug-likeness (QED) is 0.513. The Kier molecular flexibility index (Phi) is 6.48. The van der Waals surface area contributed by atoms with Crippen LogP contribution >= 0.6 is 0 Å². The number of carbonyl (C=O) groups excluding carboxylic acids is 1. The summed E-state index contributed by atoms with van der Waals surface area (Å²) in [5.41, 5.74) is -0.279. The molecule has 0 bridgehead atoms. The van der Waals surface area contributed by atoms with Gasteiger partial charge in [0.05, 0.1) is 12.7 Å². The van der Waals surface area contributed by atoms with E-state index in [0.717, 1.165) is 18.4 Å². The molecule has 0 amide bonds. The molecular formula is C13H21NO2. The highest BCUT2D eigenvalue weighted by atomic mass is 16.5. The van der Waals surface area contributed by atoms with Gasteiger partial charge < -0.3 is 4.74 Å². The fourth-order valence-electron chi connectivity index (χ4n) is 1.76. The SMILES string of the molecule is CC/C=C(/C)[C@](C#N)(CCC)C(=O)OCC. The van der Waals surface area contributed by atoms with Crippen molar-refractivity contribution in [3.63, 3.8) is 0 Å². The molecule has 90 valence electrons. The van der Waals surface area contributed by atoms with Gasteiger partial charge in [-0.1, -0.05) is 26.3 Å². The van der Waals surface area contributed by atoms with Crippen molar-refractivity contribution in [1.29, 1.82) is 5.26 Å². The number of esters is 1. The smallest absolute Gasteiger partial charge is 0.330 e. The predicted molar refractivity (Wildman–Crippen MR) is 63.6 cm³/mol. The zero-order chi connectivity index (χ0) is 12.6. The van der Waals surface area contributed by atoms with Crippen LogP contribution in [0.1, 0.15) is 47.0 Å². The lowest BCUT2D eigenvalue weighted by molar-refractivity contribution is -0.150. The van der Waals surface area contributed by atoms with Gasteiger partial charge in [0.1, 0.15) is 0 Å². The van der Waals surface area contributed by atoms with Crippen LogP contribution in [0.5, 0.6) is 0 Å². The summed E-state index contributed by atoms with van der Waals surface area (Å²) in [7, 11) is 0. The van der Waals surface area contributed by atoms with Gasteiger partial charge in [-0.3, -0.25) is 0 Å². The van der Waals surface area contributed by atoms with Crippen molar-refractivity contribution < 1.29 is 9.53 Å². The highest BCUT2D eigenvalue weighted by Crippen LogP contribution is 2.33. The maximum absolute atomic E-state index is 11.9.